The van der Waals surface area contributed by atoms with Crippen LogP contribution in [0.4, 0.5) is 18.9 Å². The van der Waals surface area contributed by atoms with E-state index in [-0.39, 0.29) is 12.5 Å². The predicted molar refractivity (Wildman–Crippen MR) is 98.1 cm³/mol. The van der Waals surface area contributed by atoms with Crippen molar-refractivity contribution in [2.24, 2.45) is 0 Å². The highest BCUT2D eigenvalue weighted by molar-refractivity contribution is 6.04. The molecule has 10 heteroatoms. The van der Waals surface area contributed by atoms with Crippen molar-refractivity contribution in [3.63, 3.8) is 0 Å². The van der Waals surface area contributed by atoms with Crippen LogP contribution in [0.5, 0.6) is 5.88 Å². The van der Waals surface area contributed by atoms with Crippen LogP contribution in [-0.4, -0.2) is 41.0 Å². The SMILES string of the molecule is COCCOc1ncccc1NC(=O)c1ccc(-n2ccc(C(F)(F)F)n2)cc1. The summed E-state index contributed by atoms with van der Waals surface area (Å²) in [6.07, 6.45) is -1.78. The molecule has 0 saturated heterocycles. The van der Waals surface area contributed by atoms with Crippen LogP contribution in [0.15, 0.2) is 54.9 Å². The molecule has 0 aliphatic carbocycles. The number of ether oxygens (including phenoxy) is 2. The number of nitrogens with zero attached hydrogens (tertiary/aromatic N) is 3. The molecule has 3 aromatic rings. The molecule has 152 valence electrons. The fourth-order valence-electron chi connectivity index (χ4n) is 2.40. The topological polar surface area (TPSA) is 78.3 Å². The molecular weight excluding hydrogens is 389 g/mol. The zero-order chi connectivity index (χ0) is 20.9. The van der Waals surface area contributed by atoms with Gasteiger partial charge in [-0.25, -0.2) is 9.67 Å². The van der Waals surface area contributed by atoms with Gasteiger partial charge in [0.2, 0.25) is 5.88 Å². The Bertz CT molecular complexity index is 971. The second-order valence-electron chi connectivity index (χ2n) is 5.84. The standard InChI is InChI=1S/C19H17F3N4O3/c1-28-11-12-29-18-15(3-2-9-23-18)24-17(27)13-4-6-14(7-5-13)26-10-8-16(25-26)19(20,21)22/h2-10H,11-12H2,1H3,(H,24,27). The molecule has 0 aliphatic rings. The maximum Gasteiger partial charge on any atom is 0.435 e. The lowest BCUT2D eigenvalue weighted by Crippen LogP contribution is -2.14. The monoisotopic (exact) mass is 406 g/mol. The molecule has 2 heterocycles. The average molecular weight is 406 g/mol. The van der Waals surface area contributed by atoms with Crippen LogP contribution in [0.3, 0.4) is 0 Å². The quantitative estimate of drug-likeness (QED) is 0.607. The van der Waals surface area contributed by atoms with Crippen LogP contribution in [0.2, 0.25) is 0 Å². The summed E-state index contributed by atoms with van der Waals surface area (Å²) >= 11 is 0. The summed E-state index contributed by atoms with van der Waals surface area (Å²) in [6.45, 7) is 0.643. The van der Waals surface area contributed by atoms with E-state index in [9.17, 15) is 18.0 Å². The highest BCUT2D eigenvalue weighted by Crippen LogP contribution is 2.28. The largest absolute Gasteiger partial charge is 0.474 e. The van der Waals surface area contributed by atoms with Gasteiger partial charge in [0, 0.05) is 25.1 Å². The average Bonchev–Trinajstić information content (AvgIpc) is 3.20. The fraction of sp³-hybridized carbons (Fsp3) is 0.211. The minimum atomic E-state index is -4.52. The minimum absolute atomic E-state index is 0.255. The van der Waals surface area contributed by atoms with Gasteiger partial charge in [-0.1, -0.05) is 0 Å². The Balaban J connectivity index is 1.71. The summed E-state index contributed by atoms with van der Waals surface area (Å²) in [5.74, 6) is -0.164. The van der Waals surface area contributed by atoms with E-state index in [4.69, 9.17) is 9.47 Å². The first kappa shape index (κ1) is 20.3. The summed E-state index contributed by atoms with van der Waals surface area (Å²) in [5, 5.41) is 6.20. The predicted octanol–water partition coefficient (Wildman–Crippen LogP) is 3.56. The van der Waals surface area contributed by atoms with E-state index in [1.807, 2.05) is 0 Å². The number of anilines is 1. The molecule has 1 N–H and O–H groups in total. The lowest BCUT2D eigenvalue weighted by Gasteiger charge is -2.11. The number of aromatic nitrogens is 3. The van der Waals surface area contributed by atoms with Crippen molar-refractivity contribution >= 4 is 11.6 Å². The number of amides is 1. The Morgan fingerprint density at radius 2 is 1.90 bits per heavy atom. The van der Waals surface area contributed by atoms with Crippen molar-refractivity contribution < 1.29 is 27.4 Å². The van der Waals surface area contributed by atoms with Gasteiger partial charge in [0.1, 0.15) is 12.3 Å². The zero-order valence-electron chi connectivity index (χ0n) is 15.3. The summed E-state index contributed by atoms with van der Waals surface area (Å²) in [5.41, 5.74) is 0.0992. The molecule has 1 amide bonds. The smallest absolute Gasteiger partial charge is 0.435 e. The molecule has 0 spiro atoms. The number of nitrogens with one attached hydrogen (secondary N) is 1. The molecule has 3 rings (SSSR count). The number of methoxy groups -OCH3 is 1. The van der Waals surface area contributed by atoms with E-state index in [1.165, 1.54) is 36.7 Å². The second-order valence-corrected chi connectivity index (χ2v) is 5.84. The lowest BCUT2D eigenvalue weighted by molar-refractivity contribution is -0.141. The normalized spacial score (nSPS) is 11.3. The van der Waals surface area contributed by atoms with E-state index < -0.39 is 17.8 Å². The van der Waals surface area contributed by atoms with Crippen LogP contribution in [0.25, 0.3) is 5.69 Å². The fourth-order valence-corrected chi connectivity index (χ4v) is 2.40. The van der Waals surface area contributed by atoms with Crippen LogP contribution in [0, 0.1) is 0 Å². The number of pyridine rings is 1. The molecule has 0 radical (unpaired) electrons. The van der Waals surface area contributed by atoms with Gasteiger partial charge in [-0.3, -0.25) is 4.79 Å². The van der Waals surface area contributed by atoms with Crippen LogP contribution in [0.1, 0.15) is 16.1 Å². The second kappa shape index (κ2) is 8.74. The summed E-state index contributed by atoms with van der Waals surface area (Å²) < 4.78 is 49.5. The molecule has 0 fully saturated rings. The summed E-state index contributed by atoms with van der Waals surface area (Å²) in [4.78, 5) is 16.6. The number of hydrogen-bond acceptors (Lipinski definition) is 5. The van der Waals surface area contributed by atoms with Crippen LogP contribution >= 0.6 is 0 Å². The highest BCUT2D eigenvalue weighted by atomic mass is 19.4. The van der Waals surface area contributed by atoms with E-state index in [0.717, 1.165) is 10.7 Å². The molecule has 2 aromatic heterocycles. The van der Waals surface area contributed by atoms with Gasteiger partial charge >= 0.3 is 6.18 Å². The van der Waals surface area contributed by atoms with E-state index in [2.05, 4.69) is 15.4 Å². The van der Waals surface area contributed by atoms with Gasteiger partial charge in [-0.05, 0) is 42.5 Å². The number of benzene rings is 1. The molecular formula is C19H17F3N4O3. The van der Waals surface area contributed by atoms with Crippen molar-refractivity contribution in [3.05, 3.63) is 66.1 Å². The van der Waals surface area contributed by atoms with Crippen molar-refractivity contribution in [2.45, 2.75) is 6.18 Å². The van der Waals surface area contributed by atoms with E-state index in [0.29, 0.717) is 23.5 Å². The van der Waals surface area contributed by atoms with Gasteiger partial charge in [0.15, 0.2) is 5.69 Å². The molecule has 0 saturated carbocycles. The number of alkyl halides is 3. The minimum Gasteiger partial charge on any atom is -0.474 e. The third kappa shape index (κ3) is 5.11. The Hall–Kier alpha value is -3.40. The van der Waals surface area contributed by atoms with Crippen molar-refractivity contribution in [3.8, 4) is 11.6 Å². The van der Waals surface area contributed by atoms with Gasteiger partial charge in [-0.15, -0.1) is 0 Å². The van der Waals surface area contributed by atoms with Gasteiger partial charge in [0.05, 0.1) is 12.3 Å². The lowest BCUT2D eigenvalue weighted by atomic mass is 10.2. The van der Waals surface area contributed by atoms with Gasteiger partial charge in [-0.2, -0.15) is 18.3 Å². The van der Waals surface area contributed by atoms with E-state index in [1.54, 1.807) is 19.2 Å². The number of carbonyl (C=O) groups excluding carboxylic acids is 1. The number of carbonyl (C=O) groups is 1. The maximum absolute atomic E-state index is 12.7. The van der Waals surface area contributed by atoms with Crippen molar-refractivity contribution in [1.82, 2.24) is 14.8 Å². The first-order valence-corrected chi connectivity index (χ1v) is 8.50. The third-order valence-corrected chi connectivity index (χ3v) is 3.82. The first-order chi connectivity index (χ1) is 13.9. The third-order valence-electron chi connectivity index (χ3n) is 3.82. The molecule has 7 nitrogen and oxygen atoms in total. The molecule has 0 bridgehead atoms. The first-order valence-electron chi connectivity index (χ1n) is 8.50. The van der Waals surface area contributed by atoms with Crippen LogP contribution < -0.4 is 10.1 Å². The molecule has 0 aliphatic heterocycles. The number of rotatable bonds is 7. The zero-order valence-corrected chi connectivity index (χ0v) is 15.3. The summed E-state index contributed by atoms with van der Waals surface area (Å²) in [7, 11) is 1.54. The molecule has 29 heavy (non-hydrogen) atoms. The Morgan fingerprint density at radius 1 is 1.14 bits per heavy atom. The van der Waals surface area contributed by atoms with Gasteiger partial charge in [0.25, 0.3) is 5.91 Å². The maximum atomic E-state index is 12.7. The molecule has 0 atom stereocenters. The van der Waals surface area contributed by atoms with Crippen molar-refractivity contribution in [1.29, 1.82) is 0 Å². The van der Waals surface area contributed by atoms with Gasteiger partial charge < -0.3 is 14.8 Å². The Kier molecular flexibility index (Phi) is 6.13. The van der Waals surface area contributed by atoms with Crippen molar-refractivity contribution in [2.75, 3.05) is 25.6 Å². The Labute approximate surface area is 164 Å². The molecule has 0 unspecified atom stereocenters. The number of halogens is 3. The Morgan fingerprint density at radius 3 is 2.55 bits per heavy atom. The number of hydrogen-bond donors (Lipinski definition) is 1. The van der Waals surface area contributed by atoms with Crippen LogP contribution in [-0.2, 0) is 10.9 Å². The summed E-state index contributed by atoms with van der Waals surface area (Å²) in [6, 6.07) is 10.2. The molecule has 1 aromatic carbocycles. The highest BCUT2D eigenvalue weighted by Gasteiger charge is 2.33. The van der Waals surface area contributed by atoms with E-state index >= 15 is 0 Å².